The lowest BCUT2D eigenvalue weighted by Gasteiger charge is -2.25. The molecule has 1 aromatic carbocycles. The number of benzene rings is 1. The molecule has 2 rings (SSSR count). The number of carbonyl (C=O) groups is 3. The first-order chi connectivity index (χ1) is 12.8. The number of Topliss-reactive ketones (excluding diaryl/α,β-unsaturated/α-hetero) is 1. The lowest BCUT2D eigenvalue weighted by molar-refractivity contribution is -0.172. The molecule has 7 heteroatoms. The molecule has 0 aliphatic carbocycles. The minimum absolute atomic E-state index is 0.00189. The highest BCUT2D eigenvalue weighted by Gasteiger charge is 2.47. The zero-order chi connectivity index (χ0) is 20.0. The molecule has 0 spiro atoms. The number of hydrogen-bond donors (Lipinski definition) is 1. The number of esters is 2. The molecule has 2 unspecified atom stereocenters. The minimum Gasteiger partial charge on any atom is -0.460 e. The molecule has 0 aromatic heterocycles. The first-order valence-corrected chi connectivity index (χ1v) is 9.12. The summed E-state index contributed by atoms with van der Waals surface area (Å²) in [6.45, 7) is 5.01. The number of aliphatic hydroxyl groups is 1. The molecule has 1 heterocycles. The molecule has 5 atom stereocenters. The summed E-state index contributed by atoms with van der Waals surface area (Å²) in [7, 11) is 0. The van der Waals surface area contributed by atoms with Crippen LogP contribution in [0.1, 0.15) is 50.4 Å². The van der Waals surface area contributed by atoms with Gasteiger partial charge in [-0.25, -0.2) is 4.79 Å². The smallest absolute Gasteiger partial charge is 0.338 e. The molecule has 0 saturated carbocycles. The van der Waals surface area contributed by atoms with Gasteiger partial charge in [0.25, 0.3) is 0 Å². The Hall–Kier alpha value is -2.25. The Labute approximate surface area is 158 Å². The van der Waals surface area contributed by atoms with Crippen LogP contribution in [-0.2, 0) is 23.8 Å². The number of ketones is 1. The summed E-state index contributed by atoms with van der Waals surface area (Å²) in [6, 6.07) is 8.47. The molecular weight excluding hydrogens is 352 g/mol. The van der Waals surface area contributed by atoms with Crippen LogP contribution in [0.3, 0.4) is 0 Å². The maximum atomic E-state index is 12.3. The summed E-state index contributed by atoms with van der Waals surface area (Å²) in [4.78, 5) is 35.2. The van der Waals surface area contributed by atoms with Crippen molar-refractivity contribution in [1.29, 1.82) is 0 Å². The van der Waals surface area contributed by atoms with Gasteiger partial charge in [0.15, 0.2) is 12.4 Å². The third kappa shape index (κ3) is 5.61. The molecule has 27 heavy (non-hydrogen) atoms. The molecule has 0 radical (unpaired) electrons. The fraction of sp³-hybridized carbons (Fsp3) is 0.550. The fourth-order valence-electron chi connectivity index (χ4n) is 3.06. The van der Waals surface area contributed by atoms with Crippen LogP contribution in [0.25, 0.3) is 0 Å². The topological polar surface area (TPSA) is 99.1 Å². The van der Waals surface area contributed by atoms with E-state index < -0.39 is 36.5 Å². The monoisotopic (exact) mass is 378 g/mol. The molecule has 0 amide bonds. The number of hydrogen-bond acceptors (Lipinski definition) is 7. The Morgan fingerprint density at radius 1 is 1.19 bits per heavy atom. The predicted octanol–water partition coefficient (Wildman–Crippen LogP) is 2.26. The molecule has 1 aromatic rings. The van der Waals surface area contributed by atoms with Crippen LogP contribution < -0.4 is 0 Å². The van der Waals surface area contributed by atoms with Crippen molar-refractivity contribution in [3.8, 4) is 0 Å². The Balaban J connectivity index is 1.99. The SMILES string of the molecule is CC[C@@H](OC(=O)CCC(C)=O)[C@@H]1OC(O)C(OC(=O)c2ccccc2)[C@@H]1C. The molecule has 148 valence electrons. The number of aliphatic hydroxyl groups excluding tert-OH is 1. The van der Waals surface area contributed by atoms with Crippen molar-refractivity contribution in [3.63, 3.8) is 0 Å². The van der Waals surface area contributed by atoms with Gasteiger partial charge in [0, 0.05) is 12.3 Å². The lowest BCUT2D eigenvalue weighted by Crippen LogP contribution is -2.37. The van der Waals surface area contributed by atoms with E-state index in [9.17, 15) is 19.5 Å². The number of carbonyl (C=O) groups excluding carboxylic acids is 3. The van der Waals surface area contributed by atoms with Crippen LogP contribution in [0.2, 0.25) is 0 Å². The van der Waals surface area contributed by atoms with Crippen LogP contribution in [0.4, 0.5) is 0 Å². The van der Waals surface area contributed by atoms with E-state index in [0.29, 0.717) is 12.0 Å². The van der Waals surface area contributed by atoms with Crippen molar-refractivity contribution in [2.24, 2.45) is 5.92 Å². The Bertz CT molecular complexity index is 658. The number of rotatable bonds is 8. The third-order valence-corrected chi connectivity index (χ3v) is 4.60. The van der Waals surface area contributed by atoms with E-state index in [1.54, 1.807) is 37.3 Å². The standard InChI is InChI=1S/C20H26O7/c1-4-15(25-16(22)11-10-12(2)21)17-13(3)18(20(24)26-17)27-19(23)14-8-6-5-7-9-14/h5-9,13,15,17-18,20,24H,4,10-11H2,1-3H3/t13-,15-,17-,18?,20?/m1/s1. The normalized spacial score (nSPS) is 25.6. The summed E-state index contributed by atoms with van der Waals surface area (Å²) >= 11 is 0. The summed E-state index contributed by atoms with van der Waals surface area (Å²) in [5.74, 6) is -1.51. The van der Waals surface area contributed by atoms with Gasteiger partial charge in [-0.1, -0.05) is 32.0 Å². The van der Waals surface area contributed by atoms with E-state index in [1.165, 1.54) is 6.92 Å². The van der Waals surface area contributed by atoms with Crippen molar-refractivity contribution in [2.75, 3.05) is 0 Å². The maximum Gasteiger partial charge on any atom is 0.338 e. The minimum atomic E-state index is -1.30. The highest BCUT2D eigenvalue weighted by molar-refractivity contribution is 5.89. The van der Waals surface area contributed by atoms with Crippen LogP contribution in [-0.4, -0.2) is 47.4 Å². The highest BCUT2D eigenvalue weighted by Crippen LogP contribution is 2.33. The quantitative estimate of drug-likeness (QED) is 0.693. The zero-order valence-electron chi connectivity index (χ0n) is 15.8. The van der Waals surface area contributed by atoms with Gasteiger partial charge in [-0.15, -0.1) is 0 Å². The Morgan fingerprint density at radius 2 is 1.85 bits per heavy atom. The van der Waals surface area contributed by atoms with E-state index in [-0.39, 0.29) is 24.5 Å². The van der Waals surface area contributed by atoms with Gasteiger partial charge in [0.2, 0.25) is 0 Å². The highest BCUT2D eigenvalue weighted by atomic mass is 16.7. The molecule has 0 bridgehead atoms. The van der Waals surface area contributed by atoms with Gasteiger partial charge in [-0.2, -0.15) is 0 Å². The second kappa shape index (κ2) is 9.62. The number of ether oxygens (including phenoxy) is 3. The van der Waals surface area contributed by atoms with Gasteiger partial charge in [0.1, 0.15) is 18.0 Å². The van der Waals surface area contributed by atoms with Crippen LogP contribution in [0.5, 0.6) is 0 Å². The summed E-state index contributed by atoms with van der Waals surface area (Å²) in [6.07, 6.45) is -2.80. The van der Waals surface area contributed by atoms with Gasteiger partial charge < -0.3 is 24.1 Å². The molecule has 7 nitrogen and oxygen atoms in total. The van der Waals surface area contributed by atoms with E-state index in [0.717, 1.165) is 0 Å². The largest absolute Gasteiger partial charge is 0.460 e. The van der Waals surface area contributed by atoms with E-state index >= 15 is 0 Å². The molecule has 1 fully saturated rings. The van der Waals surface area contributed by atoms with Crippen molar-refractivity contribution >= 4 is 17.7 Å². The van der Waals surface area contributed by atoms with E-state index in [1.807, 2.05) is 6.92 Å². The van der Waals surface area contributed by atoms with Gasteiger partial charge in [0.05, 0.1) is 12.0 Å². The van der Waals surface area contributed by atoms with Crippen molar-refractivity contribution in [3.05, 3.63) is 35.9 Å². The van der Waals surface area contributed by atoms with Gasteiger partial charge in [-0.3, -0.25) is 4.79 Å². The van der Waals surface area contributed by atoms with E-state index in [2.05, 4.69) is 0 Å². The van der Waals surface area contributed by atoms with Crippen LogP contribution in [0, 0.1) is 5.92 Å². The van der Waals surface area contributed by atoms with E-state index in [4.69, 9.17) is 14.2 Å². The second-order valence-corrected chi connectivity index (χ2v) is 6.72. The van der Waals surface area contributed by atoms with Gasteiger partial charge >= 0.3 is 11.9 Å². The summed E-state index contributed by atoms with van der Waals surface area (Å²) in [5.41, 5.74) is 0.378. The molecular formula is C20H26O7. The first-order valence-electron chi connectivity index (χ1n) is 9.12. The van der Waals surface area contributed by atoms with Gasteiger partial charge in [-0.05, 0) is 25.5 Å². The lowest BCUT2D eigenvalue weighted by atomic mass is 9.95. The predicted molar refractivity (Wildman–Crippen MR) is 95.8 cm³/mol. The molecule has 1 N–H and O–H groups in total. The van der Waals surface area contributed by atoms with Crippen molar-refractivity contribution in [2.45, 2.75) is 64.6 Å². The maximum absolute atomic E-state index is 12.3. The molecule has 1 aliphatic rings. The fourth-order valence-corrected chi connectivity index (χ4v) is 3.06. The average Bonchev–Trinajstić information content (AvgIpc) is 2.93. The zero-order valence-corrected chi connectivity index (χ0v) is 15.8. The molecule has 1 saturated heterocycles. The molecule has 1 aliphatic heterocycles. The first kappa shape index (κ1) is 21.1. The second-order valence-electron chi connectivity index (χ2n) is 6.72. The average molecular weight is 378 g/mol. The summed E-state index contributed by atoms with van der Waals surface area (Å²) in [5, 5.41) is 10.2. The van der Waals surface area contributed by atoms with Crippen molar-refractivity contribution < 1.29 is 33.7 Å². The Morgan fingerprint density at radius 3 is 2.44 bits per heavy atom. The van der Waals surface area contributed by atoms with Crippen molar-refractivity contribution in [1.82, 2.24) is 0 Å². The Kier molecular flexibility index (Phi) is 7.50. The van der Waals surface area contributed by atoms with Crippen LogP contribution >= 0.6 is 0 Å². The third-order valence-electron chi connectivity index (χ3n) is 4.60. The van der Waals surface area contributed by atoms with Crippen LogP contribution in [0.15, 0.2) is 30.3 Å². The summed E-state index contributed by atoms with van der Waals surface area (Å²) < 4.78 is 16.4.